The van der Waals surface area contributed by atoms with E-state index in [4.69, 9.17) is 23.2 Å². The summed E-state index contributed by atoms with van der Waals surface area (Å²) in [6.07, 6.45) is 0. The highest BCUT2D eigenvalue weighted by Crippen LogP contribution is 2.33. The number of hydrogen-bond donors (Lipinski definition) is 0. The molecule has 2 rings (SSSR count). The first kappa shape index (κ1) is 20.6. The Bertz CT molecular complexity index is 717. The van der Waals surface area contributed by atoms with Crippen LogP contribution in [0.1, 0.15) is 25.0 Å². The number of fused-ring (bicyclic) bond motifs is 1. The van der Waals surface area contributed by atoms with E-state index < -0.39 is 0 Å². The quantitative estimate of drug-likeness (QED) is 0.226. The highest BCUT2D eigenvalue weighted by atomic mass is 127. The van der Waals surface area contributed by atoms with Crippen LogP contribution in [-0.4, -0.2) is 0 Å². The van der Waals surface area contributed by atoms with E-state index in [2.05, 4.69) is 64.8 Å². The predicted molar refractivity (Wildman–Crippen MR) is 122 cm³/mol. The molecule has 0 amide bonds. The van der Waals surface area contributed by atoms with Gasteiger partial charge in [0.05, 0.1) is 10.0 Å². The van der Waals surface area contributed by atoms with Gasteiger partial charge < -0.3 is 0 Å². The molecular weight excluding hydrogens is 581 g/mol. The largest absolute Gasteiger partial charge is 0.0823 e. The Morgan fingerprint density at radius 1 is 0.773 bits per heavy atom. The monoisotopic (exact) mass is 590 g/mol. The molecule has 0 aliphatic carbocycles. The second-order valence-electron chi connectivity index (χ2n) is 3.56. The Labute approximate surface area is 174 Å². The minimum Gasteiger partial charge on any atom is -0.0823 e. The third-order valence-corrected chi connectivity index (χ3v) is 5.01. The fraction of sp³-hybridized carbons (Fsp3) is 0.125. The van der Waals surface area contributed by atoms with E-state index in [1.165, 1.54) is 17.9 Å². The van der Waals surface area contributed by atoms with Crippen molar-refractivity contribution in [2.45, 2.75) is 13.8 Å². The van der Waals surface area contributed by atoms with Crippen LogP contribution in [0.3, 0.4) is 0 Å². The fourth-order valence-corrected chi connectivity index (χ4v) is 3.18. The molecule has 0 saturated heterocycles. The van der Waals surface area contributed by atoms with Gasteiger partial charge in [-0.15, -0.1) is 0 Å². The van der Waals surface area contributed by atoms with E-state index in [1.807, 2.05) is 38.1 Å². The molecule has 0 spiro atoms. The average molecular weight is 591 g/mol. The van der Waals surface area contributed by atoms with Crippen molar-refractivity contribution in [3.63, 3.8) is 0 Å². The molecule has 114 valence electrons. The normalized spacial score (nSPS) is 9.00. The van der Waals surface area contributed by atoms with Crippen LogP contribution < -0.4 is 0 Å². The van der Waals surface area contributed by atoms with Crippen molar-refractivity contribution in [2.75, 3.05) is 0 Å². The van der Waals surface area contributed by atoms with E-state index in [1.54, 1.807) is 0 Å². The van der Waals surface area contributed by atoms with E-state index in [0.717, 1.165) is 21.9 Å². The second kappa shape index (κ2) is 11.2. The number of benzene rings is 2. The van der Waals surface area contributed by atoms with Crippen LogP contribution in [0.25, 0.3) is 10.8 Å². The van der Waals surface area contributed by atoms with Crippen molar-refractivity contribution < 1.29 is 0 Å². The SMILES string of the molecule is CC.Clc1c(C#CSI)ccc2c(Cl)c(C#CSI)ccc12. The van der Waals surface area contributed by atoms with Gasteiger partial charge in [-0.2, -0.15) is 0 Å². The molecule has 6 heteroatoms. The molecule has 0 saturated carbocycles. The first-order chi connectivity index (χ1) is 10.7. The maximum Gasteiger partial charge on any atom is 0.0641 e. The van der Waals surface area contributed by atoms with Gasteiger partial charge in [-0.25, -0.2) is 0 Å². The van der Waals surface area contributed by atoms with Gasteiger partial charge in [-0.3, -0.25) is 0 Å². The lowest BCUT2D eigenvalue weighted by Crippen LogP contribution is -1.85. The van der Waals surface area contributed by atoms with E-state index >= 15 is 0 Å². The average Bonchev–Trinajstić information content (AvgIpc) is 2.56. The highest BCUT2D eigenvalue weighted by Gasteiger charge is 2.09. The first-order valence-corrected chi connectivity index (χ1v) is 13.6. The van der Waals surface area contributed by atoms with Crippen LogP contribution in [0.5, 0.6) is 0 Å². The molecule has 22 heavy (non-hydrogen) atoms. The Morgan fingerprint density at radius 3 is 1.45 bits per heavy atom. The second-order valence-corrected chi connectivity index (χ2v) is 7.67. The molecule has 0 fully saturated rings. The standard InChI is InChI=1S/C14H4Cl2I2S2.C2H6/c15-13-9(5-7-19-17)1-3-11-12(13)4-2-10(14(11)16)6-8-20-18;1-2/h1-4H;1-2H3. The molecule has 0 unspecified atom stereocenters. The van der Waals surface area contributed by atoms with Crippen LogP contribution in [0.4, 0.5) is 0 Å². The van der Waals surface area contributed by atoms with Crippen LogP contribution in [0.15, 0.2) is 24.3 Å². The van der Waals surface area contributed by atoms with Gasteiger partial charge in [-0.05, 0) is 40.5 Å². The van der Waals surface area contributed by atoms with Gasteiger partial charge in [0.1, 0.15) is 0 Å². The summed E-state index contributed by atoms with van der Waals surface area (Å²) in [6.45, 7) is 4.00. The molecular formula is C16H10Cl2I2S2. The number of halogens is 4. The fourth-order valence-electron chi connectivity index (χ4n) is 1.67. The zero-order valence-corrected chi connectivity index (χ0v) is 19.1. The van der Waals surface area contributed by atoms with Crippen molar-refractivity contribution in [3.8, 4) is 22.3 Å². The smallest absolute Gasteiger partial charge is 0.0641 e. The summed E-state index contributed by atoms with van der Waals surface area (Å²) in [5.74, 6) is 6.04. The molecule has 0 radical (unpaired) electrons. The third-order valence-electron chi connectivity index (χ3n) is 2.52. The van der Waals surface area contributed by atoms with Crippen molar-refractivity contribution in [1.29, 1.82) is 0 Å². The Kier molecular flexibility index (Phi) is 10.5. The zero-order chi connectivity index (χ0) is 16.5. The predicted octanol–water partition coefficient (Wildman–Crippen LogP) is 7.96. The summed E-state index contributed by atoms with van der Waals surface area (Å²) in [7, 11) is 2.86. The van der Waals surface area contributed by atoms with Crippen LogP contribution in [0.2, 0.25) is 10.0 Å². The van der Waals surface area contributed by atoms with Crippen LogP contribution in [0, 0.1) is 22.3 Å². The maximum absolute atomic E-state index is 6.39. The van der Waals surface area contributed by atoms with Crippen molar-refractivity contribution in [3.05, 3.63) is 45.4 Å². The van der Waals surface area contributed by atoms with Gasteiger partial charge in [0.25, 0.3) is 0 Å². The Hall–Kier alpha value is 0.560. The lowest BCUT2D eigenvalue weighted by atomic mass is 10.0. The first-order valence-electron chi connectivity index (χ1n) is 6.17. The van der Waals surface area contributed by atoms with Gasteiger partial charge in [0.15, 0.2) is 0 Å². The highest BCUT2D eigenvalue weighted by molar-refractivity contribution is 14.2. The molecule has 0 N–H and O–H groups in total. The minimum absolute atomic E-state index is 0.630. The summed E-state index contributed by atoms with van der Waals surface area (Å²) in [5.41, 5.74) is 1.61. The molecule has 0 aliphatic heterocycles. The molecule has 0 bridgehead atoms. The minimum atomic E-state index is 0.630. The summed E-state index contributed by atoms with van der Waals surface area (Å²) < 4.78 is 0. The summed E-state index contributed by atoms with van der Waals surface area (Å²) in [6, 6.07) is 7.66. The van der Waals surface area contributed by atoms with E-state index in [0.29, 0.717) is 10.0 Å². The third kappa shape index (κ3) is 5.29. The topological polar surface area (TPSA) is 0 Å². The van der Waals surface area contributed by atoms with Gasteiger partial charge in [-0.1, -0.05) is 61.0 Å². The molecule has 2 aromatic carbocycles. The van der Waals surface area contributed by atoms with Crippen LogP contribution in [-0.2, 0) is 0 Å². The van der Waals surface area contributed by atoms with E-state index in [-0.39, 0.29) is 0 Å². The van der Waals surface area contributed by atoms with Gasteiger partial charge in [0.2, 0.25) is 0 Å². The molecule has 0 heterocycles. The molecule has 0 aromatic heterocycles. The Morgan fingerprint density at radius 2 is 1.14 bits per heavy atom. The molecule has 0 nitrogen and oxygen atoms in total. The van der Waals surface area contributed by atoms with E-state index in [9.17, 15) is 0 Å². The van der Waals surface area contributed by atoms with Gasteiger partial charge in [0, 0.05) is 64.3 Å². The number of hydrogen-bond acceptors (Lipinski definition) is 2. The summed E-state index contributed by atoms with van der Waals surface area (Å²) in [4.78, 5) is 0. The maximum atomic E-state index is 6.39. The number of rotatable bonds is 0. The molecule has 0 atom stereocenters. The molecule has 2 aromatic rings. The van der Waals surface area contributed by atoms with Crippen molar-refractivity contribution >= 4 is 94.3 Å². The summed E-state index contributed by atoms with van der Waals surface area (Å²) >= 11 is 17.0. The lowest BCUT2D eigenvalue weighted by Gasteiger charge is -2.06. The lowest BCUT2D eigenvalue weighted by molar-refractivity contribution is 1.50. The van der Waals surface area contributed by atoms with Crippen molar-refractivity contribution in [1.82, 2.24) is 0 Å². The zero-order valence-electron chi connectivity index (χ0n) is 11.6. The van der Waals surface area contributed by atoms with Gasteiger partial charge >= 0.3 is 0 Å². The summed E-state index contributed by atoms with van der Waals surface area (Å²) in [5, 5.41) is 8.92. The molecule has 0 aliphatic rings. The Balaban J connectivity index is 0.00000116. The van der Waals surface area contributed by atoms with Crippen molar-refractivity contribution in [2.24, 2.45) is 0 Å². The van der Waals surface area contributed by atoms with Crippen LogP contribution >= 0.6 is 83.5 Å².